The Morgan fingerprint density at radius 2 is 1.92 bits per heavy atom. The Bertz CT molecular complexity index is 1310. The van der Waals surface area contributed by atoms with E-state index in [1.807, 2.05) is 26.0 Å². The summed E-state index contributed by atoms with van der Waals surface area (Å²) < 4.78 is 0. The molecule has 0 aliphatic carbocycles. The van der Waals surface area contributed by atoms with Gasteiger partial charge in [-0.15, -0.1) is 0 Å². The van der Waals surface area contributed by atoms with Gasteiger partial charge in [0.15, 0.2) is 5.82 Å². The first-order valence-corrected chi connectivity index (χ1v) is 12.9. The van der Waals surface area contributed by atoms with Crippen LogP contribution >= 0.6 is 23.2 Å². The molecule has 13 heteroatoms. The molecule has 1 amide bonds. The molecular weight excluding hydrogens is 531 g/mol. The third-order valence-electron chi connectivity index (χ3n) is 6.24. The second-order valence-corrected chi connectivity index (χ2v) is 9.81. The molecule has 2 unspecified atom stereocenters. The van der Waals surface area contributed by atoms with Crippen LogP contribution in [-0.2, 0) is 4.79 Å². The molecule has 38 heavy (non-hydrogen) atoms. The van der Waals surface area contributed by atoms with E-state index in [2.05, 4.69) is 20.5 Å². The Labute approximate surface area is 230 Å². The largest absolute Gasteiger partial charge is 0.595 e. The zero-order valence-corrected chi connectivity index (χ0v) is 22.6. The van der Waals surface area contributed by atoms with Crippen molar-refractivity contribution >= 4 is 57.9 Å². The van der Waals surface area contributed by atoms with Gasteiger partial charge in [-0.25, -0.2) is 15.2 Å². The predicted octanol–water partition coefficient (Wildman–Crippen LogP) is 3.02. The summed E-state index contributed by atoms with van der Waals surface area (Å²) in [6.07, 6.45) is 0. The molecule has 3 aromatic rings. The number of halogens is 2. The first-order chi connectivity index (χ1) is 18.2. The number of pyridine rings is 2. The lowest BCUT2D eigenvalue weighted by Crippen LogP contribution is -2.99. The van der Waals surface area contributed by atoms with Crippen LogP contribution in [-0.4, -0.2) is 64.7 Å². The Morgan fingerprint density at radius 3 is 2.58 bits per heavy atom. The van der Waals surface area contributed by atoms with Crippen molar-refractivity contribution in [2.45, 2.75) is 19.9 Å². The highest BCUT2D eigenvalue weighted by Crippen LogP contribution is 2.37. The van der Waals surface area contributed by atoms with E-state index >= 15 is 0 Å². The van der Waals surface area contributed by atoms with Gasteiger partial charge in [0, 0.05) is 42.3 Å². The maximum absolute atomic E-state index is 13.0. The minimum Gasteiger partial charge on any atom is -0.595 e. The minimum absolute atomic E-state index is 0.00505. The van der Waals surface area contributed by atoms with Crippen molar-refractivity contribution in [1.29, 1.82) is 0 Å². The molecule has 2 aromatic heterocycles. The highest BCUT2D eigenvalue weighted by molar-refractivity contribution is 6.36. The molecule has 1 saturated heterocycles. The number of nitrogens with two attached hydrogens (primary N) is 1. The Balaban J connectivity index is 1.54. The second kappa shape index (κ2) is 12.1. The molecule has 0 bridgehead atoms. The number of anilines is 4. The molecule has 1 fully saturated rings. The number of likely N-dealkylation sites (N-methyl/N-ethyl adjacent to an activating group) is 1. The first-order valence-electron chi connectivity index (χ1n) is 12.2. The average Bonchev–Trinajstić information content (AvgIpc) is 2.87. The fraction of sp³-hybridized carbons (Fsp3) is 0.320. The molecule has 1 aliphatic heterocycles. The number of carbonyl (C=O) groups excluding carboxylic acids is 1. The number of nitrogens with one attached hydrogen (secondary N) is 3. The summed E-state index contributed by atoms with van der Waals surface area (Å²) in [5.74, 6) is 1.00. The van der Waals surface area contributed by atoms with Gasteiger partial charge in [0.1, 0.15) is 11.6 Å². The number of quaternary nitrogens is 1. The van der Waals surface area contributed by atoms with Crippen LogP contribution in [0.2, 0.25) is 10.0 Å². The number of amides is 1. The highest BCUT2D eigenvalue weighted by Gasteiger charge is 2.27. The zero-order chi connectivity index (χ0) is 27.4. The molecule has 2 atom stereocenters. The van der Waals surface area contributed by atoms with Crippen molar-refractivity contribution in [3.63, 3.8) is 0 Å². The van der Waals surface area contributed by atoms with Crippen LogP contribution in [0.15, 0.2) is 42.5 Å². The van der Waals surface area contributed by atoms with Gasteiger partial charge in [0.2, 0.25) is 11.6 Å². The molecule has 0 saturated carbocycles. The van der Waals surface area contributed by atoms with Crippen LogP contribution in [0.5, 0.6) is 0 Å². The van der Waals surface area contributed by atoms with Gasteiger partial charge in [-0.1, -0.05) is 30.1 Å². The number of aromatic nitrogens is 2. The lowest BCUT2D eigenvalue weighted by atomic mass is 10.1. The quantitative estimate of drug-likeness (QED) is 0.249. The van der Waals surface area contributed by atoms with Crippen LogP contribution in [0.25, 0.3) is 11.3 Å². The van der Waals surface area contributed by atoms with Crippen molar-refractivity contribution in [2.24, 2.45) is 0 Å². The molecule has 1 aliphatic rings. The molecular formula is C25H30Cl2N8O3. The SMILES string of the molecule is CCN1CCN(c2ccc(NCC(C)Nc3ccc([NH+]([O-])O)c(N)n3)nc2-c2ccc(Cl)cc2Cl)C(=O)C1. The minimum atomic E-state index is -1.13. The number of hydrogen-bond acceptors (Lipinski definition) is 9. The van der Waals surface area contributed by atoms with Gasteiger partial charge < -0.3 is 26.5 Å². The van der Waals surface area contributed by atoms with Crippen LogP contribution in [0, 0.1) is 5.21 Å². The standard InChI is InChI=1S/C25H30Cl2N8O3/c1-3-33-10-11-34(23(36)14-33)19-6-8-21(31-24(19)17-5-4-16(26)12-18(17)27)29-13-15(2)30-22-9-7-20(35(37)38)25(28)32-22/h4-9,12,15,35,37H,3,10-11,13-14H2,1-2H3,(H,29,31)(H3,28,30,32). The number of hydrogen-bond donors (Lipinski definition) is 5. The smallest absolute Gasteiger partial charge is 0.241 e. The van der Waals surface area contributed by atoms with Crippen LogP contribution < -0.4 is 26.5 Å². The molecule has 202 valence electrons. The van der Waals surface area contributed by atoms with Crippen LogP contribution in [0.4, 0.5) is 28.8 Å². The normalized spacial score (nSPS) is 15.8. The van der Waals surface area contributed by atoms with Crippen LogP contribution in [0.3, 0.4) is 0 Å². The van der Waals surface area contributed by atoms with Crippen LogP contribution in [0.1, 0.15) is 13.8 Å². The number of carbonyl (C=O) groups is 1. The lowest BCUT2D eigenvalue weighted by Gasteiger charge is -2.34. The van der Waals surface area contributed by atoms with Gasteiger partial charge in [-0.3, -0.25) is 9.69 Å². The summed E-state index contributed by atoms with van der Waals surface area (Å²) in [5, 5.41) is 26.6. The van der Waals surface area contributed by atoms with E-state index in [1.54, 1.807) is 29.2 Å². The van der Waals surface area contributed by atoms with Crippen molar-refractivity contribution < 1.29 is 15.2 Å². The van der Waals surface area contributed by atoms with Crippen molar-refractivity contribution in [1.82, 2.24) is 14.9 Å². The first kappa shape index (κ1) is 27.8. The number of nitrogen functional groups attached to an aromatic ring is 1. The summed E-state index contributed by atoms with van der Waals surface area (Å²) >= 11 is 12.7. The van der Waals surface area contributed by atoms with E-state index in [0.717, 1.165) is 13.1 Å². The molecule has 0 spiro atoms. The van der Waals surface area contributed by atoms with Gasteiger partial charge in [-0.05, 0) is 49.9 Å². The Hall–Kier alpha value is -3.19. The van der Waals surface area contributed by atoms with Gasteiger partial charge in [0.25, 0.3) is 0 Å². The third-order valence-corrected chi connectivity index (χ3v) is 6.78. The summed E-state index contributed by atoms with van der Waals surface area (Å²) in [4.78, 5) is 25.8. The van der Waals surface area contributed by atoms with Gasteiger partial charge >= 0.3 is 0 Å². The van der Waals surface area contributed by atoms with E-state index in [4.69, 9.17) is 39.1 Å². The van der Waals surface area contributed by atoms with E-state index in [-0.39, 0.29) is 23.5 Å². The third kappa shape index (κ3) is 6.44. The molecule has 4 rings (SSSR count). The average molecular weight is 561 g/mol. The second-order valence-electron chi connectivity index (χ2n) is 8.96. The fourth-order valence-electron chi connectivity index (χ4n) is 4.19. The van der Waals surface area contributed by atoms with Crippen molar-refractivity contribution in [3.8, 4) is 11.3 Å². The van der Waals surface area contributed by atoms with E-state index in [9.17, 15) is 10.0 Å². The van der Waals surface area contributed by atoms with Gasteiger partial charge in [0.05, 0.1) is 22.9 Å². The summed E-state index contributed by atoms with van der Waals surface area (Å²) in [7, 11) is 0. The molecule has 0 radical (unpaired) electrons. The maximum atomic E-state index is 13.0. The fourth-order valence-corrected chi connectivity index (χ4v) is 4.69. The van der Waals surface area contributed by atoms with Crippen molar-refractivity contribution in [2.75, 3.05) is 54.0 Å². The van der Waals surface area contributed by atoms with E-state index in [0.29, 0.717) is 58.3 Å². The Morgan fingerprint density at radius 1 is 1.16 bits per heavy atom. The number of benzene rings is 1. The molecule has 11 nitrogen and oxygen atoms in total. The highest BCUT2D eigenvalue weighted by atomic mass is 35.5. The van der Waals surface area contributed by atoms with E-state index < -0.39 is 5.23 Å². The number of piperazine rings is 1. The lowest BCUT2D eigenvalue weighted by molar-refractivity contribution is -0.990. The topological polar surface area (TPSA) is 147 Å². The Kier molecular flexibility index (Phi) is 8.87. The van der Waals surface area contributed by atoms with Crippen molar-refractivity contribution in [3.05, 3.63) is 57.7 Å². The molecule has 1 aromatic carbocycles. The summed E-state index contributed by atoms with van der Waals surface area (Å²) in [5.41, 5.74) is 7.64. The summed E-state index contributed by atoms with van der Waals surface area (Å²) in [6.45, 7) is 6.93. The monoisotopic (exact) mass is 560 g/mol. The zero-order valence-electron chi connectivity index (χ0n) is 21.0. The molecule has 3 heterocycles. The van der Waals surface area contributed by atoms with Gasteiger partial charge in [-0.2, -0.15) is 5.23 Å². The molecule has 6 N–H and O–H groups in total. The number of rotatable bonds is 9. The number of nitrogens with zero attached hydrogens (tertiary/aromatic N) is 4. The van der Waals surface area contributed by atoms with E-state index in [1.165, 1.54) is 6.07 Å². The summed E-state index contributed by atoms with van der Waals surface area (Å²) in [6, 6.07) is 11.8. The maximum Gasteiger partial charge on any atom is 0.241 e. The predicted molar refractivity (Wildman–Crippen MR) is 150 cm³/mol.